The number of hydrogen-bond acceptors (Lipinski definition) is 5. The van der Waals surface area contributed by atoms with Crippen LogP contribution in [0.3, 0.4) is 0 Å². The highest BCUT2D eigenvalue weighted by Crippen LogP contribution is 2.29. The monoisotopic (exact) mass is 454 g/mol. The van der Waals surface area contributed by atoms with Crippen LogP contribution in [0.2, 0.25) is 0 Å². The molecule has 3 heterocycles. The van der Waals surface area contributed by atoms with Gasteiger partial charge in [-0.1, -0.05) is 30.3 Å². The molecule has 0 spiro atoms. The molecule has 8 nitrogen and oxygen atoms in total. The highest BCUT2D eigenvalue weighted by Gasteiger charge is 2.21. The molecule has 0 aliphatic carbocycles. The molecule has 170 valence electrons. The van der Waals surface area contributed by atoms with Gasteiger partial charge in [-0.3, -0.25) is 19.7 Å². The van der Waals surface area contributed by atoms with E-state index < -0.39 is 0 Å². The highest BCUT2D eigenvalue weighted by molar-refractivity contribution is 5.92. The van der Waals surface area contributed by atoms with Crippen LogP contribution in [0.5, 0.6) is 11.5 Å². The molecule has 2 aromatic carbocycles. The first kappa shape index (κ1) is 21.3. The summed E-state index contributed by atoms with van der Waals surface area (Å²) in [6, 6.07) is 19.7. The lowest BCUT2D eigenvalue weighted by molar-refractivity contribution is 0.411. The van der Waals surface area contributed by atoms with Crippen molar-refractivity contribution in [3.63, 3.8) is 0 Å². The van der Waals surface area contributed by atoms with Gasteiger partial charge in [-0.15, -0.1) is 0 Å². The Kier molecular flexibility index (Phi) is 5.47. The van der Waals surface area contributed by atoms with Crippen LogP contribution in [0.15, 0.2) is 88.7 Å². The molecule has 1 N–H and O–H groups in total. The lowest BCUT2D eigenvalue weighted by Crippen LogP contribution is -2.23. The maximum absolute atomic E-state index is 13.8. The molecular weight excluding hydrogens is 432 g/mol. The van der Waals surface area contributed by atoms with Gasteiger partial charge in [0.25, 0.3) is 11.1 Å². The quantitative estimate of drug-likeness (QED) is 0.423. The summed E-state index contributed by atoms with van der Waals surface area (Å²) in [7, 11) is 3.12. The van der Waals surface area contributed by atoms with Gasteiger partial charge in [0.15, 0.2) is 0 Å². The predicted molar refractivity (Wildman–Crippen MR) is 130 cm³/mol. The normalized spacial score (nSPS) is 11.0. The summed E-state index contributed by atoms with van der Waals surface area (Å²) < 4.78 is 13.9. The van der Waals surface area contributed by atoms with Crippen molar-refractivity contribution < 1.29 is 9.47 Å². The molecule has 3 aromatic heterocycles. The standard InChI is InChI=1S/C26H22N4O4/c1-33-19-9-5-8-18(13-19)25-24-20(14-23(31)29(25)16-17-7-6-12-27-15-17)28-30(26(24)32)21-10-3-4-11-22(21)34-2/h3-15,28H,16H2,1-2H3. The summed E-state index contributed by atoms with van der Waals surface area (Å²) in [5, 5.41) is 3.48. The van der Waals surface area contributed by atoms with Crippen LogP contribution in [0.25, 0.3) is 27.8 Å². The Hall–Kier alpha value is -4.59. The summed E-state index contributed by atoms with van der Waals surface area (Å²) >= 11 is 0. The van der Waals surface area contributed by atoms with Gasteiger partial charge < -0.3 is 14.0 Å². The van der Waals surface area contributed by atoms with Crippen molar-refractivity contribution in [2.24, 2.45) is 0 Å². The Morgan fingerprint density at radius 3 is 2.56 bits per heavy atom. The van der Waals surface area contributed by atoms with E-state index in [2.05, 4.69) is 10.1 Å². The summed E-state index contributed by atoms with van der Waals surface area (Å²) in [4.78, 5) is 31.3. The fourth-order valence-corrected chi connectivity index (χ4v) is 4.12. The molecule has 8 heteroatoms. The van der Waals surface area contributed by atoms with Gasteiger partial charge in [0.05, 0.1) is 37.4 Å². The van der Waals surface area contributed by atoms with Crippen molar-refractivity contribution in [1.29, 1.82) is 0 Å². The van der Waals surface area contributed by atoms with Crippen molar-refractivity contribution in [3.8, 4) is 28.4 Å². The van der Waals surface area contributed by atoms with Gasteiger partial charge >= 0.3 is 0 Å². The van der Waals surface area contributed by atoms with Crippen LogP contribution in [0, 0.1) is 0 Å². The average molecular weight is 454 g/mol. The van der Waals surface area contributed by atoms with Gasteiger partial charge in [-0.05, 0) is 35.9 Å². The van der Waals surface area contributed by atoms with E-state index in [1.165, 1.54) is 10.7 Å². The molecule has 0 radical (unpaired) electrons. The van der Waals surface area contributed by atoms with E-state index in [-0.39, 0.29) is 17.7 Å². The van der Waals surface area contributed by atoms with Gasteiger partial charge in [0, 0.05) is 24.0 Å². The molecule has 0 unspecified atom stereocenters. The van der Waals surface area contributed by atoms with Crippen LogP contribution in [-0.2, 0) is 6.54 Å². The summed E-state index contributed by atoms with van der Waals surface area (Å²) in [5.41, 5.74) is 2.47. The fourth-order valence-electron chi connectivity index (χ4n) is 4.12. The Morgan fingerprint density at radius 1 is 0.941 bits per heavy atom. The number of H-pyrrole nitrogens is 1. The van der Waals surface area contributed by atoms with Crippen molar-refractivity contribution in [2.45, 2.75) is 6.54 Å². The Labute approximate surface area is 194 Å². The molecule has 34 heavy (non-hydrogen) atoms. The molecule has 0 atom stereocenters. The number of aromatic amines is 1. The molecule has 0 aliphatic heterocycles. The van der Waals surface area contributed by atoms with Crippen molar-refractivity contribution in [3.05, 3.63) is 105 Å². The molecule has 5 rings (SSSR count). The van der Waals surface area contributed by atoms with Crippen LogP contribution < -0.4 is 20.6 Å². The van der Waals surface area contributed by atoms with Crippen LogP contribution in [0.4, 0.5) is 0 Å². The number of aromatic nitrogens is 4. The van der Waals surface area contributed by atoms with Gasteiger partial charge in [0.1, 0.15) is 17.2 Å². The third-order valence-corrected chi connectivity index (χ3v) is 5.69. The minimum atomic E-state index is -0.294. The fraction of sp³-hybridized carbons (Fsp3) is 0.115. The first-order chi connectivity index (χ1) is 16.6. The first-order valence-electron chi connectivity index (χ1n) is 10.7. The number of fused-ring (bicyclic) bond motifs is 1. The van der Waals surface area contributed by atoms with E-state index in [0.29, 0.717) is 39.3 Å². The second kappa shape index (κ2) is 8.74. The molecule has 0 aliphatic rings. The third kappa shape index (κ3) is 3.65. The number of rotatable bonds is 6. The number of hydrogen-bond donors (Lipinski definition) is 1. The van der Waals surface area contributed by atoms with Crippen LogP contribution in [-0.4, -0.2) is 33.6 Å². The molecule has 5 aromatic rings. The van der Waals surface area contributed by atoms with Crippen LogP contribution >= 0.6 is 0 Å². The molecule has 0 fully saturated rings. The number of ether oxygens (including phenoxy) is 2. The Bertz CT molecular complexity index is 1600. The maximum atomic E-state index is 13.8. The topological polar surface area (TPSA) is 91.1 Å². The number of nitrogens with one attached hydrogen (secondary N) is 1. The van der Waals surface area contributed by atoms with E-state index in [1.54, 1.807) is 43.3 Å². The zero-order chi connectivity index (χ0) is 23.7. The lowest BCUT2D eigenvalue weighted by atomic mass is 10.1. The lowest BCUT2D eigenvalue weighted by Gasteiger charge is -2.14. The van der Waals surface area contributed by atoms with E-state index in [0.717, 1.165) is 5.56 Å². The van der Waals surface area contributed by atoms with Crippen molar-refractivity contribution in [2.75, 3.05) is 14.2 Å². The summed E-state index contributed by atoms with van der Waals surface area (Å²) in [5.74, 6) is 1.15. The third-order valence-electron chi connectivity index (χ3n) is 5.69. The second-order valence-corrected chi connectivity index (χ2v) is 7.72. The predicted octanol–water partition coefficient (Wildman–Crippen LogP) is 3.61. The zero-order valence-electron chi connectivity index (χ0n) is 18.7. The maximum Gasteiger partial charge on any atom is 0.281 e. The second-order valence-electron chi connectivity index (χ2n) is 7.72. The van der Waals surface area contributed by atoms with Crippen LogP contribution in [0.1, 0.15) is 5.56 Å². The summed E-state index contributed by atoms with van der Waals surface area (Å²) in [6.45, 7) is 0.258. The average Bonchev–Trinajstić information content (AvgIpc) is 3.20. The van der Waals surface area contributed by atoms with Crippen molar-refractivity contribution >= 4 is 10.9 Å². The van der Waals surface area contributed by atoms with E-state index >= 15 is 0 Å². The number of pyridine rings is 2. The Morgan fingerprint density at radius 2 is 1.79 bits per heavy atom. The van der Waals surface area contributed by atoms with E-state index in [1.807, 2.05) is 48.5 Å². The number of benzene rings is 2. The molecule has 0 amide bonds. The number of para-hydroxylation sites is 2. The molecular formula is C26H22N4O4. The largest absolute Gasteiger partial charge is 0.497 e. The van der Waals surface area contributed by atoms with E-state index in [4.69, 9.17) is 9.47 Å². The van der Waals surface area contributed by atoms with Gasteiger partial charge in [-0.2, -0.15) is 0 Å². The minimum Gasteiger partial charge on any atom is -0.497 e. The number of methoxy groups -OCH3 is 2. The van der Waals surface area contributed by atoms with Gasteiger partial charge in [0.2, 0.25) is 0 Å². The molecule has 0 saturated carbocycles. The van der Waals surface area contributed by atoms with Crippen molar-refractivity contribution in [1.82, 2.24) is 19.3 Å². The molecule has 0 bridgehead atoms. The Balaban J connectivity index is 1.85. The molecule has 0 saturated heterocycles. The smallest absolute Gasteiger partial charge is 0.281 e. The first-order valence-corrected chi connectivity index (χ1v) is 10.7. The highest BCUT2D eigenvalue weighted by atomic mass is 16.5. The van der Waals surface area contributed by atoms with E-state index in [9.17, 15) is 9.59 Å². The summed E-state index contributed by atoms with van der Waals surface area (Å²) in [6.07, 6.45) is 3.38. The number of nitrogens with zero attached hydrogens (tertiary/aromatic N) is 3. The minimum absolute atomic E-state index is 0.248. The SMILES string of the molecule is COc1cccc(-c2c3c(=O)n(-c4ccccc4OC)[nH]c3cc(=O)n2Cc2cccnc2)c1. The van der Waals surface area contributed by atoms with Gasteiger partial charge in [-0.25, -0.2) is 4.68 Å². The zero-order valence-corrected chi connectivity index (χ0v) is 18.7.